The molecule has 0 aliphatic carbocycles. The minimum absolute atomic E-state index is 0.153. The van der Waals surface area contributed by atoms with Crippen molar-refractivity contribution >= 4 is 0 Å². The van der Waals surface area contributed by atoms with Crippen LogP contribution in [-0.4, -0.2) is 32.1 Å². The number of halogens is 1. The van der Waals surface area contributed by atoms with Gasteiger partial charge in [0.2, 0.25) is 0 Å². The maximum atomic E-state index is 13.7. The molecule has 0 spiro atoms. The van der Waals surface area contributed by atoms with E-state index in [9.17, 15) is 4.39 Å². The molecule has 0 aromatic heterocycles. The van der Waals surface area contributed by atoms with Gasteiger partial charge >= 0.3 is 0 Å². The van der Waals surface area contributed by atoms with E-state index in [2.05, 4.69) is 0 Å². The van der Waals surface area contributed by atoms with Gasteiger partial charge in [-0.3, -0.25) is 0 Å². The topological polar surface area (TPSA) is 12.5 Å². The average Bonchev–Trinajstić information content (AvgIpc) is 2.22. The van der Waals surface area contributed by atoms with Gasteiger partial charge in [-0.1, -0.05) is 0 Å². The van der Waals surface area contributed by atoms with Crippen LogP contribution in [0.25, 0.3) is 0 Å². The summed E-state index contributed by atoms with van der Waals surface area (Å²) in [4.78, 5) is 2.03. The molecule has 0 unspecified atom stereocenters. The van der Waals surface area contributed by atoms with Gasteiger partial charge in [0.25, 0.3) is 0 Å². The van der Waals surface area contributed by atoms with E-state index in [1.165, 1.54) is 0 Å². The van der Waals surface area contributed by atoms with E-state index in [0.29, 0.717) is 23.5 Å². The Kier molecular flexibility index (Phi) is 4.30. The lowest BCUT2D eigenvalue weighted by atomic mass is 10.0. The van der Waals surface area contributed by atoms with Crippen molar-refractivity contribution in [1.29, 1.82) is 0 Å². The van der Waals surface area contributed by atoms with E-state index in [1.54, 1.807) is 13.8 Å². The molecule has 0 aliphatic heterocycles. The Bertz CT molecular complexity index is 375. The summed E-state index contributed by atoms with van der Waals surface area (Å²) >= 11 is 0. The van der Waals surface area contributed by atoms with Crippen LogP contribution in [0.15, 0.2) is 6.07 Å². The summed E-state index contributed by atoms with van der Waals surface area (Å²) in [5.41, 5.74) is 2.24. The number of benzene rings is 1. The predicted octanol–water partition coefficient (Wildman–Crippen LogP) is 2.69. The minimum atomic E-state index is -0.153. The predicted molar refractivity (Wildman–Crippen MR) is 64.7 cm³/mol. The Morgan fingerprint density at radius 2 is 1.81 bits per heavy atom. The van der Waals surface area contributed by atoms with Gasteiger partial charge in [-0.15, -0.1) is 0 Å². The first-order chi connectivity index (χ1) is 7.43. The molecule has 1 aromatic rings. The second kappa shape index (κ2) is 5.30. The van der Waals surface area contributed by atoms with Gasteiger partial charge in [0, 0.05) is 12.1 Å². The maximum Gasteiger partial charge on any atom is 0.132 e. The molecule has 16 heavy (non-hydrogen) atoms. The van der Waals surface area contributed by atoms with Crippen molar-refractivity contribution < 1.29 is 9.13 Å². The summed E-state index contributed by atoms with van der Waals surface area (Å²) in [6.45, 7) is 6.86. The lowest BCUT2D eigenvalue weighted by molar-refractivity contribution is 0.259. The molecule has 0 fully saturated rings. The summed E-state index contributed by atoms with van der Waals surface area (Å²) in [7, 11) is 3.97. The number of ether oxygens (including phenoxy) is 1. The number of likely N-dealkylation sites (N-methyl/N-ethyl adjacent to an activating group) is 1. The second-order valence-corrected chi connectivity index (χ2v) is 4.41. The van der Waals surface area contributed by atoms with Crippen LogP contribution >= 0.6 is 0 Å². The quantitative estimate of drug-likeness (QED) is 0.781. The highest BCUT2D eigenvalue weighted by atomic mass is 19.1. The second-order valence-electron chi connectivity index (χ2n) is 4.41. The lowest BCUT2D eigenvalue weighted by Gasteiger charge is -2.15. The molecular weight excluding hydrogens is 205 g/mol. The van der Waals surface area contributed by atoms with Gasteiger partial charge in [0.05, 0.1) is 0 Å². The largest absolute Gasteiger partial charge is 0.492 e. The van der Waals surface area contributed by atoms with Gasteiger partial charge in [-0.2, -0.15) is 0 Å². The molecule has 0 N–H and O–H groups in total. The zero-order valence-corrected chi connectivity index (χ0v) is 10.7. The van der Waals surface area contributed by atoms with Crippen LogP contribution in [0.1, 0.15) is 16.7 Å². The Labute approximate surface area is 97.0 Å². The molecule has 2 nitrogen and oxygen atoms in total. The first-order valence-corrected chi connectivity index (χ1v) is 5.47. The van der Waals surface area contributed by atoms with Crippen LogP contribution < -0.4 is 4.74 Å². The molecule has 0 saturated carbocycles. The monoisotopic (exact) mass is 225 g/mol. The Balaban J connectivity index is 2.81. The van der Waals surface area contributed by atoms with Gasteiger partial charge in [-0.25, -0.2) is 4.39 Å². The summed E-state index contributed by atoms with van der Waals surface area (Å²) < 4.78 is 19.3. The zero-order valence-electron chi connectivity index (χ0n) is 10.7. The molecule has 90 valence electrons. The van der Waals surface area contributed by atoms with E-state index in [-0.39, 0.29) is 5.82 Å². The average molecular weight is 225 g/mol. The van der Waals surface area contributed by atoms with Gasteiger partial charge in [0.15, 0.2) is 0 Å². The molecule has 0 heterocycles. The fraction of sp³-hybridized carbons (Fsp3) is 0.538. The van der Waals surface area contributed by atoms with Crippen LogP contribution in [0, 0.1) is 26.6 Å². The Morgan fingerprint density at radius 3 is 2.38 bits per heavy atom. The van der Waals surface area contributed by atoms with Crippen LogP contribution in [0.2, 0.25) is 0 Å². The van der Waals surface area contributed by atoms with Crippen molar-refractivity contribution in [1.82, 2.24) is 4.90 Å². The molecule has 1 rings (SSSR count). The lowest BCUT2D eigenvalue weighted by Crippen LogP contribution is -2.19. The smallest absolute Gasteiger partial charge is 0.132 e. The highest BCUT2D eigenvalue weighted by Gasteiger charge is 2.10. The number of nitrogens with zero attached hydrogens (tertiary/aromatic N) is 1. The number of rotatable bonds is 4. The third-order valence-corrected chi connectivity index (χ3v) is 2.76. The maximum absolute atomic E-state index is 13.7. The molecule has 0 amide bonds. The van der Waals surface area contributed by atoms with Crippen molar-refractivity contribution in [2.24, 2.45) is 0 Å². The highest BCUT2D eigenvalue weighted by Crippen LogP contribution is 2.26. The first-order valence-electron chi connectivity index (χ1n) is 5.47. The van der Waals surface area contributed by atoms with E-state index < -0.39 is 0 Å². The third-order valence-electron chi connectivity index (χ3n) is 2.76. The summed E-state index contributed by atoms with van der Waals surface area (Å²) in [5, 5.41) is 0. The Morgan fingerprint density at radius 1 is 1.19 bits per heavy atom. The molecule has 0 bridgehead atoms. The van der Waals surface area contributed by atoms with E-state index in [4.69, 9.17) is 4.74 Å². The fourth-order valence-corrected chi connectivity index (χ4v) is 1.46. The fourth-order valence-electron chi connectivity index (χ4n) is 1.46. The van der Waals surface area contributed by atoms with Crippen molar-refractivity contribution in [3.63, 3.8) is 0 Å². The third kappa shape index (κ3) is 2.95. The van der Waals surface area contributed by atoms with Crippen LogP contribution in [-0.2, 0) is 0 Å². The van der Waals surface area contributed by atoms with E-state index >= 15 is 0 Å². The minimum Gasteiger partial charge on any atom is -0.492 e. The summed E-state index contributed by atoms with van der Waals surface area (Å²) in [6, 6.07) is 1.91. The van der Waals surface area contributed by atoms with Crippen molar-refractivity contribution in [3.05, 3.63) is 28.6 Å². The number of aryl methyl sites for hydroxylation is 1. The van der Waals surface area contributed by atoms with Gasteiger partial charge < -0.3 is 9.64 Å². The molecule has 0 saturated heterocycles. The molecule has 0 aliphatic rings. The molecule has 0 atom stereocenters. The molecular formula is C13H20FNO. The standard InChI is InChI=1S/C13H20FNO/c1-9-8-12(16-7-6-15(4)5)11(3)13(14)10(9)2/h8H,6-7H2,1-5H3. The Hall–Kier alpha value is -1.09. The molecule has 1 aromatic carbocycles. The van der Waals surface area contributed by atoms with Crippen LogP contribution in [0.4, 0.5) is 4.39 Å². The van der Waals surface area contributed by atoms with Crippen LogP contribution in [0.3, 0.4) is 0 Å². The zero-order chi connectivity index (χ0) is 12.3. The molecule has 0 radical (unpaired) electrons. The van der Waals surface area contributed by atoms with Gasteiger partial charge in [-0.05, 0) is 52.1 Å². The van der Waals surface area contributed by atoms with E-state index in [1.807, 2.05) is 32.0 Å². The van der Waals surface area contributed by atoms with Crippen molar-refractivity contribution in [2.75, 3.05) is 27.2 Å². The number of hydrogen-bond acceptors (Lipinski definition) is 2. The SMILES string of the molecule is Cc1cc(OCCN(C)C)c(C)c(F)c1C. The van der Waals surface area contributed by atoms with E-state index in [0.717, 1.165) is 12.1 Å². The van der Waals surface area contributed by atoms with Crippen molar-refractivity contribution in [3.8, 4) is 5.75 Å². The first kappa shape index (κ1) is 13.0. The molecule has 3 heteroatoms. The van der Waals surface area contributed by atoms with Crippen LogP contribution in [0.5, 0.6) is 5.75 Å². The highest BCUT2D eigenvalue weighted by molar-refractivity contribution is 5.42. The van der Waals surface area contributed by atoms with Crippen molar-refractivity contribution in [2.45, 2.75) is 20.8 Å². The summed E-state index contributed by atoms with van der Waals surface area (Å²) in [5.74, 6) is 0.502. The summed E-state index contributed by atoms with van der Waals surface area (Å²) in [6.07, 6.45) is 0. The number of hydrogen-bond donors (Lipinski definition) is 0. The van der Waals surface area contributed by atoms with Gasteiger partial charge in [0.1, 0.15) is 18.2 Å². The normalized spacial score (nSPS) is 10.9.